The van der Waals surface area contributed by atoms with E-state index in [2.05, 4.69) is 20.7 Å². The summed E-state index contributed by atoms with van der Waals surface area (Å²) >= 11 is 0. The van der Waals surface area contributed by atoms with Gasteiger partial charge in [0.25, 0.3) is 0 Å². The molecule has 94 valence electrons. The summed E-state index contributed by atoms with van der Waals surface area (Å²) in [5.74, 6) is -0.0790. The van der Waals surface area contributed by atoms with E-state index in [1.165, 1.54) is 17.3 Å². The van der Waals surface area contributed by atoms with Crippen LogP contribution in [-0.4, -0.2) is 53.0 Å². The molecule has 1 aromatic heterocycles. The molecule has 2 atom stereocenters. The first kappa shape index (κ1) is 12.0. The normalized spacial score (nSPS) is 22.1. The van der Waals surface area contributed by atoms with Crippen LogP contribution in [0.4, 0.5) is 0 Å². The molecule has 2 unspecified atom stereocenters. The van der Waals surface area contributed by atoms with Crippen molar-refractivity contribution in [1.82, 2.24) is 25.4 Å². The molecule has 0 bridgehead atoms. The second-order valence-electron chi connectivity index (χ2n) is 3.99. The molecule has 0 radical (unpaired) electrons. The highest BCUT2D eigenvalue weighted by Crippen LogP contribution is 2.02. The second kappa shape index (κ2) is 5.74. The molecule has 1 amide bonds. The number of nitrogens with one attached hydrogen (secondary N) is 2. The molecule has 2 heterocycles. The van der Waals surface area contributed by atoms with E-state index in [-0.39, 0.29) is 18.1 Å². The molecule has 1 fully saturated rings. The smallest absolute Gasteiger partial charge is 0.244 e. The van der Waals surface area contributed by atoms with Crippen LogP contribution in [0.15, 0.2) is 12.7 Å². The summed E-state index contributed by atoms with van der Waals surface area (Å²) in [5.41, 5.74) is 0. The Balaban J connectivity index is 1.76. The van der Waals surface area contributed by atoms with Crippen molar-refractivity contribution < 1.29 is 9.53 Å². The van der Waals surface area contributed by atoms with E-state index >= 15 is 0 Å². The van der Waals surface area contributed by atoms with Crippen LogP contribution in [0.25, 0.3) is 0 Å². The summed E-state index contributed by atoms with van der Waals surface area (Å²) in [6.07, 6.45) is 3.00. The zero-order valence-corrected chi connectivity index (χ0v) is 9.80. The number of hydrogen-bond donors (Lipinski definition) is 2. The van der Waals surface area contributed by atoms with Crippen molar-refractivity contribution in [3.05, 3.63) is 12.7 Å². The zero-order valence-electron chi connectivity index (χ0n) is 9.80. The van der Waals surface area contributed by atoms with Crippen LogP contribution in [0.1, 0.15) is 13.0 Å². The topological polar surface area (TPSA) is 81.1 Å². The second-order valence-corrected chi connectivity index (χ2v) is 3.99. The van der Waals surface area contributed by atoms with Crippen molar-refractivity contribution in [2.24, 2.45) is 0 Å². The van der Waals surface area contributed by atoms with Gasteiger partial charge in [0.05, 0.1) is 12.7 Å². The average molecular weight is 239 g/mol. The Kier molecular flexibility index (Phi) is 4.05. The first-order chi connectivity index (χ1) is 8.27. The Hall–Kier alpha value is -1.47. The Morgan fingerprint density at radius 2 is 2.65 bits per heavy atom. The molecule has 1 aromatic rings. The number of carbonyl (C=O) groups is 1. The van der Waals surface area contributed by atoms with Crippen molar-refractivity contribution in [1.29, 1.82) is 0 Å². The molecule has 2 N–H and O–H groups in total. The molecule has 2 rings (SSSR count). The average Bonchev–Trinajstić information content (AvgIpc) is 2.90. The van der Waals surface area contributed by atoms with Gasteiger partial charge in [-0.15, -0.1) is 0 Å². The summed E-state index contributed by atoms with van der Waals surface area (Å²) in [6.45, 7) is 4.64. The van der Waals surface area contributed by atoms with E-state index in [1.807, 2.05) is 0 Å². The number of morpholine rings is 1. The van der Waals surface area contributed by atoms with E-state index < -0.39 is 0 Å². The minimum Gasteiger partial charge on any atom is -0.374 e. The van der Waals surface area contributed by atoms with Crippen molar-refractivity contribution in [2.75, 3.05) is 26.2 Å². The SMILES string of the molecule is CC(C(=O)NCC1CNCCO1)n1cncn1. The molecule has 1 aliphatic rings. The van der Waals surface area contributed by atoms with E-state index in [4.69, 9.17) is 4.74 Å². The summed E-state index contributed by atoms with van der Waals surface area (Å²) < 4.78 is 7.01. The highest BCUT2D eigenvalue weighted by molar-refractivity contribution is 5.79. The predicted octanol–water partition coefficient (Wildman–Crippen LogP) is -1.06. The maximum absolute atomic E-state index is 11.8. The summed E-state index contributed by atoms with van der Waals surface area (Å²) in [7, 11) is 0. The lowest BCUT2D eigenvalue weighted by Gasteiger charge is -2.24. The van der Waals surface area contributed by atoms with Gasteiger partial charge in [-0.1, -0.05) is 0 Å². The molecule has 0 saturated carbocycles. The van der Waals surface area contributed by atoms with Crippen LogP contribution in [-0.2, 0) is 9.53 Å². The standard InChI is InChI=1S/C10H17N5O2/c1-8(15-7-12-6-14-15)10(16)13-5-9-4-11-2-3-17-9/h6-9,11H,2-5H2,1H3,(H,13,16). The van der Waals surface area contributed by atoms with E-state index in [1.54, 1.807) is 6.92 Å². The molecule has 1 saturated heterocycles. The fourth-order valence-electron chi connectivity index (χ4n) is 1.65. The third kappa shape index (κ3) is 3.24. The van der Waals surface area contributed by atoms with Crippen molar-refractivity contribution >= 4 is 5.91 Å². The third-order valence-corrected chi connectivity index (χ3v) is 2.72. The predicted molar refractivity (Wildman–Crippen MR) is 60.4 cm³/mol. The summed E-state index contributed by atoms with van der Waals surface area (Å²) in [5, 5.41) is 9.99. The van der Waals surface area contributed by atoms with Gasteiger partial charge in [0.2, 0.25) is 5.91 Å². The van der Waals surface area contributed by atoms with Gasteiger partial charge >= 0.3 is 0 Å². The van der Waals surface area contributed by atoms with E-state index in [0.717, 1.165) is 13.1 Å². The quantitative estimate of drug-likeness (QED) is 0.700. The van der Waals surface area contributed by atoms with Crippen LogP contribution in [0.2, 0.25) is 0 Å². The molecule has 0 spiro atoms. The van der Waals surface area contributed by atoms with Crippen LogP contribution >= 0.6 is 0 Å². The summed E-state index contributed by atoms with van der Waals surface area (Å²) in [6, 6.07) is -0.353. The molecule has 17 heavy (non-hydrogen) atoms. The van der Waals surface area contributed by atoms with Crippen LogP contribution in [0, 0.1) is 0 Å². The maximum atomic E-state index is 11.8. The Morgan fingerprint density at radius 3 is 3.29 bits per heavy atom. The van der Waals surface area contributed by atoms with Gasteiger partial charge in [-0.05, 0) is 6.92 Å². The largest absolute Gasteiger partial charge is 0.374 e. The van der Waals surface area contributed by atoms with Gasteiger partial charge in [-0.3, -0.25) is 4.79 Å². The lowest BCUT2D eigenvalue weighted by atomic mass is 10.2. The molecule has 0 aliphatic carbocycles. The fourth-order valence-corrected chi connectivity index (χ4v) is 1.65. The van der Waals surface area contributed by atoms with Gasteiger partial charge in [0.1, 0.15) is 18.7 Å². The number of aromatic nitrogens is 3. The van der Waals surface area contributed by atoms with E-state index in [9.17, 15) is 4.79 Å². The number of nitrogens with zero attached hydrogens (tertiary/aromatic N) is 3. The van der Waals surface area contributed by atoms with Gasteiger partial charge in [-0.2, -0.15) is 5.10 Å². The molecule has 1 aliphatic heterocycles. The zero-order chi connectivity index (χ0) is 12.1. The third-order valence-electron chi connectivity index (χ3n) is 2.72. The first-order valence-corrected chi connectivity index (χ1v) is 5.71. The molecule has 7 heteroatoms. The lowest BCUT2D eigenvalue weighted by molar-refractivity contribution is -0.124. The lowest BCUT2D eigenvalue weighted by Crippen LogP contribution is -2.46. The number of carbonyl (C=O) groups excluding carboxylic acids is 1. The minimum absolute atomic E-state index is 0.0515. The Labute approximate surface area is 99.5 Å². The van der Waals surface area contributed by atoms with Gasteiger partial charge < -0.3 is 15.4 Å². The van der Waals surface area contributed by atoms with Crippen molar-refractivity contribution in [3.63, 3.8) is 0 Å². The number of ether oxygens (including phenoxy) is 1. The van der Waals surface area contributed by atoms with Crippen LogP contribution in [0.3, 0.4) is 0 Å². The van der Waals surface area contributed by atoms with Crippen LogP contribution < -0.4 is 10.6 Å². The highest BCUT2D eigenvalue weighted by Gasteiger charge is 2.18. The fraction of sp³-hybridized carbons (Fsp3) is 0.700. The molecule has 0 aromatic carbocycles. The molecular formula is C10H17N5O2. The van der Waals surface area contributed by atoms with Crippen LogP contribution in [0.5, 0.6) is 0 Å². The Morgan fingerprint density at radius 1 is 1.76 bits per heavy atom. The molecule has 7 nitrogen and oxygen atoms in total. The number of rotatable bonds is 4. The maximum Gasteiger partial charge on any atom is 0.244 e. The Bertz CT molecular complexity index is 348. The van der Waals surface area contributed by atoms with Gasteiger partial charge in [-0.25, -0.2) is 9.67 Å². The van der Waals surface area contributed by atoms with Crippen molar-refractivity contribution in [2.45, 2.75) is 19.1 Å². The summed E-state index contributed by atoms with van der Waals surface area (Å²) in [4.78, 5) is 15.6. The van der Waals surface area contributed by atoms with Gasteiger partial charge in [0, 0.05) is 19.6 Å². The molecular weight excluding hydrogens is 222 g/mol. The number of amides is 1. The van der Waals surface area contributed by atoms with E-state index in [0.29, 0.717) is 13.2 Å². The van der Waals surface area contributed by atoms with Crippen molar-refractivity contribution in [3.8, 4) is 0 Å². The first-order valence-electron chi connectivity index (χ1n) is 5.71. The minimum atomic E-state index is -0.353. The van der Waals surface area contributed by atoms with Gasteiger partial charge in [0.15, 0.2) is 0 Å². The number of hydrogen-bond acceptors (Lipinski definition) is 5. The highest BCUT2D eigenvalue weighted by atomic mass is 16.5. The monoisotopic (exact) mass is 239 g/mol.